The average Bonchev–Trinajstić information content (AvgIpc) is 3.12. The van der Waals surface area contributed by atoms with Gasteiger partial charge in [0.2, 0.25) is 5.91 Å². The molecule has 3 rings (SSSR count). The summed E-state index contributed by atoms with van der Waals surface area (Å²) in [6, 6.07) is 4.23. The summed E-state index contributed by atoms with van der Waals surface area (Å²) in [4.78, 5) is 13.4. The molecule has 5 nitrogen and oxygen atoms in total. The molecule has 1 fully saturated rings. The highest BCUT2D eigenvalue weighted by atomic mass is 32.1. The summed E-state index contributed by atoms with van der Waals surface area (Å²) < 4.78 is 2.25. The zero-order chi connectivity index (χ0) is 15.5. The summed E-state index contributed by atoms with van der Waals surface area (Å²) >= 11 is 6.85. The first-order chi connectivity index (χ1) is 10.6. The molecular weight excluding hydrogens is 316 g/mol. The van der Waals surface area contributed by atoms with Crippen LogP contribution in [0.2, 0.25) is 0 Å². The Morgan fingerprint density at radius 3 is 3.09 bits per heavy atom. The standard InChI is InChI=1S/C15H20N4OS2/c1-10-5-2-3-6-11(10)16-13(20)9-19-14(17-18-15(19)21)12-7-4-8-22-12/h4,7-8,10-11H,2-3,5-6,9H2,1H3,(H,16,20)(H,18,21). The largest absolute Gasteiger partial charge is 0.352 e. The van der Waals surface area contributed by atoms with Gasteiger partial charge in [-0.25, -0.2) is 0 Å². The first-order valence-electron chi connectivity index (χ1n) is 7.63. The third-order valence-corrected chi connectivity index (χ3v) is 5.44. The number of H-pyrrole nitrogens is 1. The Balaban J connectivity index is 1.72. The van der Waals surface area contributed by atoms with Crippen molar-refractivity contribution in [2.45, 2.75) is 45.2 Å². The van der Waals surface area contributed by atoms with E-state index in [9.17, 15) is 4.79 Å². The summed E-state index contributed by atoms with van der Waals surface area (Å²) in [5.41, 5.74) is 0. The first-order valence-corrected chi connectivity index (χ1v) is 8.92. The van der Waals surface area contributed by atoms with Crippen LogP contribution in [0.1, 0.15) is 32.6 Å². The van der Waals surface area contributed by atoms with Crippen molar-refractivity contribution in [2.75, 3.05) is 0 Å². The van der Waals surface area contributed by atoms with Crippen molar-refractivity contribution < 1.29 is 4.79 Å². The second-order valence-corrected chi connectivity index (χ2v) is 7.19. The van der Waals surface area contributed by atoms with Gasteiger partial charge in [0.1, 0.15) is 6.54 Å². The van der Waals surface area contributed by atoms with Gasteiger partial charge in [0.15, 0.2) is 10.6 Å². The number of nitrogens with zero attached hydrogens (tertiary/aromatic N) is 2. The van der Waals surface area contributed by atoms with Gasteiger partial charge in [0.25, 0.3) is 0 Å². The second kappa shape index (κ2) is 6.75. The summed E-state index contributed by atoms with van der Waals surface area (Å²) in [5, 5.41) is 12.2. The third kappa shape index (κ3) is 3.30. The van der Waals surface area contributed by atoms with Crippen LogP contribution in [0, 0.1) is 10.7 Å². The molecule has 2 unspecified atom stereocenters. The molecule has 1 amide bonds. The van der Waals surface area contributed by atoms with Gasteiger partial charge in [-0.1, -0.05) is 25.8 Å². The fourth-order valence-electron chi connectivity index (χ4n) is 2.98. The molecule has 0 aromatic carbocycles. The van der Waals surface area contributed by atoms with Gasteiger partial charge in [-0.2, -0.15) is 5.10 Å². The molecule has 0 radical (unpaired) electrons. The van der Waals surface area contributed by atoms with E-state index in [4.69, 9.17) is 12.2 Å². The zero-order valence-corrected chi connectivity index (χ0v) is 14.2. The number of aromatic nitrogens is 3. The Kier molecular flexibility index (Phi) is 4.73. The Morgan fingerprint density at radius 1 is 1.55 bits per heavy atom. The molecule has 0 bridgehead atoms. The minimum atomic E-state index is 0.00839. The van der Waals surface area contributed by atoms with Crippen molar-refractivity contribution >= 4 is 29.5 Å². The van der Waals surface area contributed by atoms with Crippen LogP contribution in [0.5, 0.6) is 0 Å². The van der Waals surface area contributed by atoms with E-state index in [-0.39, 0.29) is 18.5 Å². The second-order valence-electron chi connectivity index (χ2n) is 5.85. The number of thiophene rings is 1. The number of carbonyl (C=O) groups excluding carboxylic acids is 1. The van der Waals surface area contributed by atoms with E-state index in [1.807, 2.05) is 17.5 Å². The lowest BCUT2D eigenvalue weighted by atomic mass is 9.86. The van der Waals surface area contributed by atoms with Gasteiger partial charge in [-0.15, -0.1) is 11.3 Å². The highest BCUT2D eigenvalue weighted by Crippen LogP contribution is 2.24. The quantitative estimate of drug-likeness (QED) is 0.842. The molecule has 1 aliphatic rings. The van der Waals surface area contributed by atoms with Gasteiger partial charge in [-0.3, -0.25) is 14.5 Å². The molecule has 2 aromatic rings. The van der Waals surface area contributed by atoms with Gasteiger partial charge in [-0.05, 0) is 42.4 Å². The molecule has 22 heavy (non-hydrogen) atoms. The summed E-state index contributed by atoms with van der Waals surface area (Å²) in [6.07, 6.45) is 4.72. The minimum Gasteiger partial charge on any atom is -0.352 e. The van der Waals surface area contributed by atoms with Crippen molar-refractivity contribution in [3.63, 3.8) is 0 Å². The molecule has 0 aliphatic heterocycles. The Hall–Kier alpha value is -1.47. The lowest BCUT2D eigenvalue weighted by Crippen LogP contribution is -2.42. The van der Waals surface area contributed by atoms with Crippen LogP contribution in [-0.2, 0) is 11.3 Å². The minimum absolute atomic E-state index is 0.00839. The number of nitrogens with one attached hydrogen (secondary N) is 2. The average molecular weight is 336 g/mol. The number of amides is 1. The van der Waals surface area contributed by atoms with Gasteiger partial charge in [0, 0.05) is 6.04 Å². The van der Waals surface area contributed by atoms with E-state index in [1.54, 1.807) is 15.9 Å². The molecule has 2 N–H and O–H groups in total. The van der Waals surface area contributed by atoms with Crippen molar-refractivity contribution in [1.82, 2.24) is 20.1 Å². The number of carbonyl (C=O) groups is 1. The van der Waals surface area contributed by atoms with Gasteiger partial charge < -0.3 is 5.32 Å². The highest BCUT2D eigenvalue weighted by molar-refractivity contribution is 7.71. The monoisotopic (exact) mass is 336 g/mol. The molecule has 2 heterocycles. The number of aromatic amines is 1. The predicted octanol–water partition coefficient (Wildman–Crippen LogP) is 3.36. The van der Waals surface area contributed by atoms with Crippen molar-refractivity contribution in [2.24, 2.45) is 5.92 Å². The fourth-order valence-corrected chi connectivity index (χ4v) is 3.90. The van der Waals surface area contributed by atoms with Crippen LogP contribution < -0.4 is 5.32 Å². The molecule has 0 spiro atoms. The molecule has 2 atom stereocenters. The zero-order valence-electron chi connectivity index (χ0n) is 12.5. The molecule has 118 valence electrons. The predicted molar refractivity (Wildman–Crippen MR) is 90.3 cm³/mol. The summed E-state index contributed by atoms with van der Waals surface area (Å²) in [5.74, 6) is 1.28. The molecule has 1 aliphatic carbocycles. The highest BCUT2D eigenvalue weighted by Gasteiger charge is 2.23. The van der Waals surface area contributed by atoms with Crippen molar-refractivity contribution in [1.29, 1.82) is 0 Å². The van der Waals surface area contributed by atoms with Crippen molar-refractivity contribution in [3.05, 3.63) is 22.3 Å². The van der Waals surface area contributed by atoms with Crippen LogP contribution in [0.15, 0.2) is 17.5 Å². The molecular formula is C15H20N4OS2. The molecule has 0 saturated heterocycles. The van der Waals surface area contributed by atoms with E-state index in [0.717, 1.165) is 17.1 Å². The van der Waals surface area contributed by atoms with Crippen LogP contribution in [0.25, 0.3) is 10.7 Å². The maximum Gasteiger partial charge on any atom is 0.240 e. The molecule has 1 saturated carbocycles. The topological polar surface area (TPSA) is 62.7 Å². The maximum atomic E-state index is 12.4. The number of hydrogen-bond acceptors (Lipinski definition) is 4. The Labute approximate surface area is 138 Å². The normalized spacial score (nSPS) is 21.7. The van der Waals surface area contributed by atoms with Crippen LogP contribution >= 0.6 is 23.6 Å². The Bertz CT molecular complexity index is 689. The number of hydrogen-bond donors (Lipinski definition) is 2. The number of rotatable bonds is 4. The first kappa shape index (κ1) is 15.4. The lowest BCUT2D eigenvalue weighted by Gasteiger charge is -2.29. The van der Waals surface area contributed by atoms with E-state index in [0.29, 0.717) is 10.7 Å². The summed E-state index contributed by atoms with van der Waals surface area (Å²) in [6.45, 7) is 2.43. The van der Waals surface area contributed by atoms with E-state index in [2.05, 4.69) is 22.4 Å². The van der Waals surface area contributed by atoms with E-state index < -0.39 is 0 Å². The third-order valence-electron chi connectivity index (χ3n) is 4.26. The van der Waals surface area contributed by atoms with E-state index >= 15 is 0 Å². The summed E-state index contributed by atoms with van der Waals surface area (Å²) in [7, 11) is 0. The van der Waals surface area contributed by atoms with Gasteiger partial charge in [0.05, 0.1) is 4.88 Å². The molecule has 7 heteroatoms. The smallest absolute Gasteiger partial charge is 0.240 e. The molecule has 2 aromatic heterocycles. The maximum absolute atomic E-state index is 12.4. The lowest BCUT2D eigenvalue weighted by molar-refractivity contribution is -0.122. The van der Waals surface area contributed by atoms with Gasteiger partial charge >= 0.3 is 0 Å². The SMILES string of the molecule is CC1CCCCC1NC(=O)Cn1c(-c2cccs2)n[nH]c1=S. The van der Waals surface area contributed by atoms with Crippen LogP contribution in [-0.4, -0.2) is 26.7 Å². The van der Waals surface area contributed by atoms with Crippen LogP contribution in [0.4, 0.5) is 0 Å². The van der Waals surface area contributed by atoms with Crippen LogP contribution in [0.3, 0.4) is 0 Å². The van der Waals surface area contributed by atoms with E-state index in [1.165, 1.54) is 19.3 Å². The fraction of sp³-hybridized carbons (Fsp3) is 0.533. The van der Waals surface area contributed by atoms with Crippen molar-refractivity contribution in [3.8, 4) is 10.7 Å². The Morgan fingerprint density at radius 2 is 2.36 bits per heavy atom.